The van der Waals surface area contributed by atoms with Crippen molar-refractivity contribution in [3.63, 3.8) is 0 Å². The van der Waals surface area contributed by atoms with Gasteiger partial charge in [0.1, 0.15) is 5.41 Å². The molecule has 1 aliphatic carbocycles. The average Bonchev–Trinajstić information content (AvgIpc) is 1.96. The summed E-state index contributed by atoms with van der Waals surface area (Å²) in [7, 11) is 0. The van der Waals surface area contributed by atoms with Crippen LogP contribution in [0, 0.1) is 5.41 Å². The molecule has 3 nitrogen and oxygen atoms in total. The molecule has 0 atom stereocenters. The number of carboxylic acids is 1. The van der Waals surface area contributed by atoms with Crippen molar-refractivity contribution in [2.75, 3.05) is 0 Å². The van der Waals surface area contributed by atoms with E-state index >= 15 is 0 Å². The van der Waals surface area contributed by atoms with Crippen molar-refractivity contribution in [1.29, 1.82) is 0 Å². The fourth-order valence-electron chi connectivity index (χ4n) is 0.959. The second-order valence-electron chi connectivity index (χ2n) is 3.62. The van der Waals surface area contributed by atoms with E-state index in [1.54, 1.807) is 31.2 Å². The highest BCUT2D eigenvalue weighted by Crippen LogP contribution is 2.27. The van der Waals surface area contributed by atoms with Crippen LogP contribution >= 0.6 is 0 Å². The zero-order valence-electron chi connectivity index (χ0n) is 7.24. The largest absolute Gasteiger partial charge is 0.480 e. The molecule has 0 fully saturated rings. The highest BCUT2D eigenvalue weighted by atomic mass is 16.4. The van der Waals surface area contributed by atoms with Crippen molar-refractivity contribution in [3.05, 3.63) is 24.3 Å². The van der Waals surface area contributed by atoms with E-state index in [2.05, 4.69) is 0 Å². The second-order valence-corrected chi connectivity index (χ2v) is 3.62. The molecular weight excluding hydrogens is 154 g/mol. The number of aliphatic carboxylic acids is 1. The average molecular weight is 167 g/mol. The summed E-state index contributed by atoms with van der Waals surface area (Å²) in [5.41, 5.74) is 4.34. The monoisotopic (exact) mass is 167 g/mol. The molecule has 1 aliphatic rings. The van der Waals surface area contributed by atoms with Gasteiger partial charge in [-0.1, -0.05) is 24.3 Å². The summed E-state index contributed by atoms with van der Waals surface area (Å²) in [6.45, 7) is 3.46. The number of hydrogen-bond acceptors (Lipinski definition) is 2. The number of carboxylic acid groups (broad SMARTS) is 1. The molecule has 0 aromatic rings. The van der Waals surface area contributed by atoms with Gasteiger partial charge in [0.2, 0.25) is 0 Å². The van der Waals surface area contributed by atoms with E-state index in [4.69, 9.17) is 10.8 Å². The molecule has 0 bridgehead atoms. The van der Waals surface area contributed by atoms with Gasteiger partial charge < -0.3 is 10.8 Å². The van der Waals surface area contributed by atoms with E-state index < -0.39 is 16.9 Å². The van der Waals surface area contributed by atoms with Crippen LogP contribution in [0.3, 0.4) is 0 Å². The standard InChI is InChI=1S/C9H13NO2/c1-8(7(11)12)3-5-9(2,10)6-4-8/h3-6H,10H2,1-2H3,(H,11,12). The van der Waals surface area contributed by atoms with E-state index in [-0.39, 0.29) is 0 Å². The minimum Gasteiger partial charge on any atom is -0.480 e. The summed E-state index contributed by atoms with van der Waals surface area (Å²) in [5.74, 6) is -0.856. The van der Waals surface area contributed by atoms with E-state index in [1.165, 1.54) is 0 Å². The molecule has 0 heterocycles. The Morgan fingerprint density at radius 3 is 2.00 bits per heavy atom. The molecule has 3 N–H and O–H groups in total. The van der Waals surface area contributed by atoms with Gasteiger partial charge in [-0.3, -0.25) is 4.79 Å². The van der Waals surface area contributed by atoms with Gasteiger partial charge >= 0.3 is 5.97 Å². The SMILES string of the molecule is CC1(N)C=CC(C)(C(=O)O)C=C1. The Bertz CT molecular complexity index is 248. The summed E-state index contributed by atoms with van der Waals surface area (Å²) < 4.78 is 0. The van der Waals surface area contributed by atoms with Gasteiger partial charge in [-0.15, -0.1) is 0 Å². The molecule has 66 valence electrons. The van der Waals surface area contributed by atoms with Crippen LogP contribution in [-0.4, -0.2) is 16.6 Å². The van der Waals surface area contributed by atoms with Gasteiger partial charge in [0.05, 0.1) is 0 Å². The Morgan fingerprint density at radius 1 is 1.25 bits per heavy atom. The third-order valence-corrected chi connectivity index (χ3v) is 2.04. The third-order valence-electron chi connectivity index (χ3n) is 2.04. The van der Waals surface area contributed by atoms with Crippen LogP contribution in [0.1, 0.15) is 13.8 Å². The lowest BCUT2D eigenvalue weighted by atomic mass is 9.81. The first-order chi connectivity index (χ1) is 5.36. The number of hydrogen-bond donors (Lipinski definition) is 2. The first-order valence-electron chi connectivity index (χ1n) is 3.79. The molecule has 0 aromatic carbocycles. The molecule has 0 radical (unpaired) electrons. The van der Waals surface area contributed by atoms with E-state index in [0.717, 1.165) is 0 Å². The van der Waals surface area contributed by atoms with Gasteiger partial charge in [0, 0.05) is 5.54 Å². The Balaban J connectivity index is 2.93. The molecule has 0 unspecified atom stereocenters. The summed E-state index contributed by atoms with van der Waals surface area (Å²) in [5, 5.41) is 8.82. The van der Waals surface area contributed by atoms with Crippen LogP contribution in [0.5, 0.6) is 0 Å². The molecular formula is C9H13NO2. The van der Waals surface area contributed by atoms with Gasteiger partial charge in [-0.2, -0.15) is 0 Å². The van der Waals surface area contributed by atoms with Crippen LogP contribution in [0.25, 0.3) is 0 Å². The smallest absolute Gasteiger partial charge is 0.317 e. The Hall–Kier alpha value is -1.09. The number of rotatable bonds is 1. The van der Waals surface area contributed by atoms with Gasteiger partial charge in [0.15, 0.2) is 0 Å². The van der Waals surface area contributed by atoms with E-state index in [9.17, 15) is 4.79 Å². The molecule has 12 heavy (non-hydrogen) atoms. The summed E-state index contributed by atoms with van der Waals surface area (Å²) in [6, 6.07) is 0. The van der Waals surface area contributed by atoms with Crippen molar-refractivity contribution < 1.29 is 9.90 Å². The first-order valence-corrected chi connectivity index (χ1v) is 3.79. The lowest BCUT2D eigenvalue weighted by molar-refractivity contribution is -0.142. The fourth-order valence-corrected chi connectivity index (χ4v) is 0.959. The van der Waals surface area contributed by atoms with E-state index in [1.807, 2.05) is 6.92 Å². The Kier molecular flexibility index (Phi) is 1.84. The maximum atomic E-state index is 10.7. The molecule has 0 spiro atoms. The van der Waals surface area contributed by atoms with Crippen molar-refractivity contribution in [3.8, 4) is 0 Å². The van der Waals surface area contributed by atoms with Crippen LogP contribution < -0.4 is 5.73 Å². The zero-order chi connectivity index (χ0) is 9.41. The van der Waals surface area contributed by atoms with Crippen molar-refractivity contribution >= 4 is 5.97 Å². The Morgan fingerprint density at radius 2 is 1.67 bits per heavy atom. The third kappa shape index (κ3) is 1.56. The summed E-state index contributed by atoms with van der Waals surface area (Å²) in [6.07, 6.45) is 6.66. The Labute approximate surface area is 71.6 Å². The summed E-state index contributed by atoms with van der Waals surface area (Å²) >= 11 is 0. The maximum absolute atomic E-state index is 10.7. The molecule has 3 heteroatoms. The van der Waals surface area contributed by atoms with Gasteiger partial charge in [-0.25, -0.2) is 0 Å². The predicted octanol–water partition coefficient (Wildman–Crippen LogP) is 0.921. The molecule has 1 rings (SSSR count). The number of nitrogens with two attached hydrogens (primary N) is 1. The first kappa shape index (κ1) is 9.00. The zero-order valence-corrected chi connectivity index (χ0v) is 7.24. The van der Waals surface area contributed by atoms with Crippen LogP contribution in [0.2, 0.25) is 0 Å². The molecule has 0 saturated heterocycles. The lowest BCUT2D eigenvalue weighted by Crippen LogP contribution is -2.36. The van der Waals surface area contributed by atoms with Crippen LogP contribution in [0.15, 0.2) is 24.3 Å². The summed E-state index contributed by atoms with van der Waals surface area (Å²) in [4.78, 5) is 10.7. The highest BCUT2D eigenvalue weighted by molar-refractivity contribution is 5.79. The minimum absolute atomic E-state index is 0.505. The van der Waals surface area contributed by atoms with E-state index in [0.29, 0.717) is 0 Å². The second kappa shape index (κ2) is 2.45. The molecule has 0 aliphatic heterocycles. The quantitative estimate of drug-likeness (QED) is 0.571. The van der Waals surface area contributed by atoms with Crippen LogP contribution in [0.4, 0.5) is 0 Å². The van der Waals surface area contributed by atoms with Gasteiger partial charge in [-0.05, 0) is 13.8 Å². The van der Waals surface area contributed by atoms with Crippen molar-refractivity contribution in [1.82, 2.24) is 0 Å². The minimum atomic E-state index is -0.890. The topological polar surface area (TPSA) is 63.3 Å². The van der Waals surface area contributed by atoms with Crippen LogP contribution in [-0.2, 0) is 4.79 Å². The highest BCUT2D eigenvalue weighted by Gasteiger charge is 2.31. The lowest BCUT2D eigenvalue weighted by Gasteiger charge is -2.26. The molecule has 0 aromatic heterocycles. The normalized spacial score (nSPS) is 39.9. The number of carbonyl (C=O) groups is 1. The fraction of sp³-hybridized carbons (Fsp3) is 0.444. The molecule has 0 amide bonds. The van der Waals surface area contributed by atoms with Crippen molar-refractivity contribution in [2.24, 2.45) is 11.1 Å². The maximum Gasteiger partial charge on any atom is 0.317 e. The molecule has 0 saturated carbocycles. The predicted molar refractivity (Wildman–Crippen MR) is 46.6 cm³/mol. The van der Waals surface area contributed by atoms with Crippen molar-refractivity contribution in [2.45, 2.75) is 19.4 Å². The van der Waals surface area contributed by atoms with Gasteiger partial charge in [0.25, 0.3) is 0 Å².